The van der Waals surface area contributed by atoms with Crippen molar-refractivity contribution in [2.24, 2.45) is 5.92 Å². The molecule has 2 atom stereocenters. The predicted molar refractivity (Wildman–Crippen MR) is 55.5 cm³/mol. The van der Waals surface area contributed by atoms with Gasteiger partial charge in [-0.15, -0.1) is 0 Å². The van der Waals surface area contributed by atoms with E-state index in [4.69, 9.17) is 10.00 Å². The Hall–Kier alpha value is -1.60. The molecule has 0 amide bonds. The second-order valence-electron chi connectivity index (χ2n) is 3.60. The lowest BCUT2D eigenvalue weighted by molar-refractivity contribution is 0.387. The van der Waals surface area contributed by atoms with Crippen LogP contribution in [0.3, 0.4) is 0 Å². The number of aromatic nitrogens is 1. The highest BCUT2D eigenvalue weighted by Crippen LogP contribution is 2.32. The fourth-order valence-corrected chi connectivity index (χ4v) is 2.00. The number of pyridine rings is 1. The van der Waals surface area contributed by atoms with Crippen molar-refractivity contribution in [3.8, 4) is 11.9 Å². The van der Waals surface area contributed by atoms with Crippen molar-refractivity contribution in [1.29, 1.82) is 5.26 Å². The maximum absolute atomic E-state index is 9.01. The zero-order valence-electron chi connectivity index (χ0n) is 8.60. The summed E-state index contributed by atoms with van der Waals surface area (Å²) in [5, 5.41) is 12.2. The van der Waals surface area contributed by atoms with Crippen molar-refractivity contribution in [2.75, 3.05) is 20.2 Å². The summed E-state index contributed by atoms with van der Waals surface area (Å²) in [6.07, 6.45) is 1.70. The molecular formula is C11H13N3O. The van der Waals surface area contributed by atoms with Crippen LogP contribution < -0.4 is 10.1 Å². The van der Waals surface area contributed by atoms with Crippen LogP contribution in [0.4, 0.5) is 0 Å². The van der Waals surface area contributed by atoms with E-state index in [1.165, 1.54) is 0 Å². The maximum atomic E-state index is 9.01. The molecule has 4 heteroatoms. The zero-order chi connectivity index (χ0) is 10.7. The summed E-state index contributed by atoms with van der Waals surface area (Å²) in [6, 6.07) is 6.18. The first kappa shape index (κ1) is 9.94. The molecule has 0 saturated carbocycles. The van der Waals surface area contributed by atoms with E-state index in [0.717, 1.165) is 18.7 Å². The summed E-state index contributed by atoms with van der Waals surface area (Å²) in [6.45, 7) is 1.57. The van der Waals surface area contributed by atoms with Crippen LogP contribution in [-0.4, -0.2) is 25.2 Å². The first-order chi connectivity index (χ1) is 7.36. The second kappa shape index (κ2) is 4.28. The third-order valence-corrected chi connectivity index (χ3v) is 2.77. The first-order valence-corrected chi connectivity index (χ1v) is 4.96. The Kier molecular flexibility index (Phi) is 2.84. The highest BCUT2D eigenvalue weighted by Gasteiger charge is 2.30. The van der Waals surface area contributed by atoms with Crippen LogP contribution in [0.2, 0.25) is 0 Å². The minimum absolute atomic E-state index is 0.0168. The normalized spacial score (nSPS) is 24.8. The number of ether oxygens (including phenoxy) is 1. The Morgan fingerprint density at radius 1 is 1.60 bits per heavy atom. The Morgan fingerprint density at radius 3 is 3.20 bits per heavy atom. The molecule has 1 aliphatic heterocycles. The van der Waals surface area contributed by atoms with Crippen LogP contribution in [-0.2, 0) is 0 Å². The molecule has 1 saturated heterocycles. The van der Waals surface area contributed by atoms with E-state index < -0.39 is 0 Å². The molecule has 0 aliphatic carbocycles. The van der Waals surface area contributed by atoms with Gasteiger partial charge < -0.3 is 10.1 Å². The van der Waals surface area contributed by atoms with E-state index in [1.54, 1.807) is 13.3 Å². The highest BCUT2D eigenvalue weighted by atomic mass is 16.5. The van der Waals surface area contributed by atoms with Crippen molar-refractivity contribution in [3.63, 3.8) is 0 Å². The van der Waals surface area contributed by atoms with E-state index in [2.05, 4.69) is 16.4 Å². The quantitative estimate of drug-likeness (QED) is 0.776. The van der Waals surface area contributed by atoms with Gasteiger partial charge in [0.15, 0.2) is 0 Å². The Bertz CT molecular complexity index is 386. The van der Waals surface area contributed by atoms with Crippen molar-refractivity contribution < 1.29 is 4.74 Å². The van der Waals surface area contributed by atoms with Gasteiger partial charge in [-0.05, 0) is 6.07 Å². The summed E-state index contributed by atoms with van der Waals surface area (Å²) in [7, 11) is 1.61. The maximum Gasteiger partial charge on any atom is 0.216 e. The summed E-state index contributed by atoms with van der Waals surface area (Å²) in [5.74, 6) is 0.841. The largest absolute Gasteiger partial charge is 0.481 e. The fourth-order valence-electron chi connectivity index (χ4n) is 2.00. The third-order valence-electron chi connectivity index (χ3n) is 2.77. The molecule has 15 heavy (non-hydrogen) atoms. The molecule has 1 fully saturated rings. The molecule has 0 spiro atoms. The number of hydrogen-bond acceptors (Lipinski definition) is 4. The molecule has 1 aromatic heterocycles. The van der Waals surface area contributed by atoms with Gasteiger partial charge in [-0.25, -0.2) is 4.98 Å². The highest BCUT2D eigenvalue weighted by molar-refractivity contribution is 5.32. The molecule has 1 unspecified atom stereocenters. The van der Waals surface area contributed by atoms with E-state index in [0.29, 0.717) is 5.88 Å². The van der Waals surface area contributed by atoms with Gasteiger partial charge in [-0.3, -0.25) is 0 Å². The van der Waals surface area contributed by atoms with Crippen molar-refractivity contribution >= 4 is 0 Å². The van der Waals surface area contributed by atoms with Crippen LogP contribution in [0.1, 0.15) is 11.5 Å². The number of hydrogen-bond donors (Lipinski definition) is 1. The van der Waals surface area contributed by atoms with E-state index in [1.807, 2.05) is 12.1 Å². The SMILES string of the molecule is COc1ncccc1C1CNC[C@H]1C#N. The van der Waals surface area contributed by atoms with Crippen LogP contribution in [0, 0.1) is 17.2 Å². The Balaban J connectivity index is 2.32. The number of rotatable bonds is 2. The van der Waals surface area contributed by atoms with Gasteiger partial charge in [0.1, 0.15) is 0 Å². The van der Waals surface area contributed by atoms with Gasteiger partial charge in [-0.1, -0.05) is 6.07 Å². The Labute approximate surface area is 88.9 Å². The molecule has 1 aromatic rings. The van der Waals surface area contributed by atoms with Crippen LogP contribution in [0.25, 0.3) is 0 Å². The minimum Gasteiger partial charge on any atom is -0.481 e. The first-order valence-electron chi connectivity index (χ1n) is 4.96. The van der Waals surface area contributed by atoms with E-state index in [9.17, 15) is 0 Å². The topological polar surface area (TPSA) is 57.9 Å². The second-order valence-corrected chi connectivity index (χ2v) is 3.60. The van der Waals surface area contributed by atoms with Gasteiger partial charge in [-0.2, -0.15) is 5.26 Å². The molecular weight excluding hydrogens is 190 g/mol. The van der Waals surface area contributed by atoms with Gasteiger partial charge in [0.2, 0.25) is 5.88 Å². The monoisotopic (exact) mass is 203 g/mol. The van der Waals surface area contributed by atoms with Gasteiger partial charge in [0, 0.05) is 30.8 Å². The number of nitrogens with one attached hydrogen (secondary N) is 1. The van der Waals surface area contributed by atoms with Gasteiger partial charge in [0.05, 0.1) is 19.1 Å². The number of methoxy groups -OCH3 is 1. The van der Waals surface area contributed by atoms with E-state index >= 15 is 0 Å². The Morgan fingerprint density at radius 2 is 2.47 bits per heavy atom. The standard InChI is InChI=1S/C11H13N3O/c1-15-11-9(3-2-4-14-11)10-7-13-6-8(10)5-12/h2-4,8,10,13H,6-7H2,1H3/t8-,10?/m1/s1. The summed E-state index contributed by atoms with van der Waals surface area (Å²) in [4.78, 5) is 4.15. The average molecular weight is 203 g/mol. The average Bonchev–Trinajstić information content (AvgIpc) is 2.76. The summed E-state index contributed by atoms with van der Waals surface area (Å²) < 4.78 is 5.20. The van der Waals surface area contributed by atoms with Gasteiger partial charge in [0.25, 0.3) is 0 Å². The van der Waals surface area contributed by atoms with E-state index in [-0.39, 0.29) is 11.8 Å². The lowest BCUT2D eigenvalue weighted by Crippen LogP contribution is -2.10. The smallest absolute Gasteiger partial charge is 0.216 e. The number of nitrogens with zero attached hydrogens (tertiary/aromatic N) is 2. The minimum atomic E-state index is 0.0168. The molecule has 2 rings (SSSR count). The fraction of sp³-hybridized carbons (Fsp3) is 0.455. The molecule has 0 bridgehead atoms. The molecule has 0 radical (unpaired) electrons. The molecule has 1 aliphatic rings. The predicted octanol–water partition coefficient (Wildman–Crippen LogP) is 0.917. The van der Waals surface area contributed by atoms with Crippen molar-refractivity contribution in [3.05, 3.63) is 23.9 Å². The number of nitriles is 1. The molecule has 0 aromatic carbocycles. The molecule has 2 heterocycles. The lowest BCUT2D eigenvalue weighted by atomic mass is 9.90. The third kappa shape index (κ3) is 1.79. The zero-order valence-corrected chi connectivity index (χ0v) is 8.60. The van der Waals surface area contributed by atoms with Crippen LogP contribution in [0.5, 0.6) is 5.88 Å². The summed E-state index contributed by atoms with van der Waals surface area (Å²) >= 11 is 0. The molecule has 78 valence electrons. The van der Waals surface area contributed by atoms with Crippen molar-refractivity contribution in [2.45, 2.75) is 5.92 Å². The summed E-state index contributed by atoms with van der Waals surface area (Å²) in [5.41, 5.74) is 1.02. The van der Waals surface area contributed by atoms with Crippen LogP contribution in [0.15, 0.2) is 18.3 Å². The van der Waals surface area contributed by atoms with Crippen molar-refractivity contribution in [1.82, 2.24) is 10.3 Å². The molecule has 4 nitrogen and oxygen atoms in total. The van der Waals surface area contributed by atoms with Gasteiger partial charge >= 0.3 is 0 Å². The lowest BCUT2D eigenvalue weighted by Gasteiger charge is -2.14. The van der Waals surface area contributed by atoms with Crippen LogP contribution >= 0.6 is 0 Å². The molecule has 1 N–H and O–H groups in total.